The summed E-state index contributed by atoms with van der Waals surface area (Å²) in [5.74, 6) is -0.390. The van der Waals surface area contributed by atoms with E-state index in [0.717, 1.165) is 10.9 Å². The molecule has 0 aliphatic carbocycles. The second-order valence-corrected chi connectivity index (χ2v) is 8.43. The third-order valence-electron chi connectivity index (χ3n) is 4.90. The first-order chi connectivity index (χ1) is 15.6. The number of ketones is 1. The summed E-state index contributed by atoms with van der Waals surface area (Å²) < 4.78 is 40.2. The van der Waals surface area contributed by atoms with Gasteiger partial charge in [0.2, 0.25) is 0 Å². The maximum Gasteiger partial charge on any atom is 0.417 e. The molecule has 0 fully saturated rings. The number of carbonyl (C=O) groups excluding carboxylic acids is 2. The lowest BCUT2D eigenvalue weighted by atomic mass is 10.0. The first-order valence-corrected chi connectivity index (χ1v) is 11.1. The van der Waals surface area contributed by atoms with Gasteiger partial charge in [0.15, 0.2) is 11.5 Å². The number of aryl methyl sites for hydroxylation is 3. The molecule has 0 saturated heterocycles. The van der Waals surface area contributed by atoms with Crippen LogP contribution in [0.3, 0.4) is 0 Å². The number of thiazole rings is 1. The Bertz CT molecular complexity index is 1170. The number of hydrogen-bond acceptors (Lipinski definition) is 6. The van der Waals surface area contributed by atoms with Crippen LogP contribution < -0.4 is 4.89 Å². The van der Waals surface area contributed by atoms with Crippen LogP contribution in [-0.4, -0.2) is 16.7 Å². The molecule has 174 valence electrons. The van der Waals surface area contributed by atoms with Crippen LogP contribution in [0.25, 0.3) is 10.6 Å². The fourth-order valence-corrected chi connectivity index (χ4v) is 4.47. The van der Waals surface area contributed by atoms with Gasteiger partial charge < -0.3 is 0 Å². The van der Waals surface area contributed by atoms with E-state index in [0.29, 0.717) is 40.4 Å². The highest BCUT2D eigenvalue weighted by Crippen LogP contribution is 2.39. The molecule has 0 bridgehead atoms. The number of benzene rings is 2. The molecule has 1 aromatic heterocycles. The van der Waals surface area contributed by atoms with Crippen LogP contribution in [0.5, 0.6) is 5.75 Å². The SMILES string of the molecule is CCc1nc(-c2ccccc2C(F)(F)F)sc1CCC(=O)c1ccc(OOC(C)=O)c(C)c1. The molecule has 0 atom stereocenters. The molecule has 0 saturated carbocycles. The predicted molar refractivity (Wildman–Crippen MR) is 118 cm³/mol. The first kappa shape index (κ1) is 24.4. The Labute approximate surface area is 193 Å². The molecule has 0 unspecified atom stereocenters. The number of hydrogen-bond donors (Lipinski definition) is 0. The number of nitrogens with zero attached hydrogens (tertiary/aromatic N) is 1. The van der Waals surface area contributed by atoms with Crippen molar-refractivity contribution in [1.82, 2.24) is 4.98 Å². The zero-order valence-corrected chi connectivity index (χ0v) is 19.1. The van der Waals surface area contributed by atoms with Crippen LogP contribution in [0, 0.1) is 6.92 Å². The van der Waals surface area contributed by atoms with Crippen LogP contribution in [0.2, 0.25) is 0 Å². The van der Waals surface area contributed by atoms with Gasteiger partial charge in [0, 0.05) is 29.3 Å². The summed E-state index contributed by atoms with van der Waals surface area (Å²) in [6.45, 7) is 4.81. The fourth-order valence-electron chi connectivity index (χ4n) is 3.28. The van der Waals surface area contributed by atoms with Crippen molar-refractivity contribution in [3.63, 3.8) is 0 Å². The molecule has 0 spiro atoms. The van der Waals surface area contributed by atoms with Crippen molar-refractivity contribution in [2.45, 2.75) is 46.2 Å². The number of halogens is 3. The molecule has 0 radical (unpaired) electrons. The third-order valence-corrected chi connectivity index (χ3v) is 6.09. The Hall–Kier alpha value is -3.20. The van der Waals surface area contributed by atoms with E-state index in [4.69, 9.17) is 4.89 Å². The zero-order chi connectivity index (χ0) is 24.2. The van der Waals surface area contributed by atoms with Crippen LogP contribution in [0.4, 0.5) is 13.2 Å². The minimum atomic E-state index is -4.48. The lowest BCUT2D eigenvalue weighted by Gasteiger charge is -2.10. The fraction of sp³-hybridized carbons (Fsp3) is 0.292. The largest absolute Gasteiger partial charge is 0.417 e. The maximum absolute atomic E-state index is 13.4. The van der Waals surface area contributed by atoms with E-state index in [1.165, 1.54) is 30.4 Å². The zero-order valence-electron chi connectivity index (χ0n) is 18.3. The number of rotatable bonds is 8. The Morgan fingerprint density at radius 2 is 1.85 bits per heavy atom. The van der Waals surface area contributed by atoms with Crippen molar-refractivity contribution in [1.29, 1.82) is 0 Å². The molecule has 2 aromatic carbocycles. The highest BCUT2D eigenvalue weighted by atomic mass is 32.1. The average Bonchev–Trinajstić information content (AvgIpc) is 3.19. The van der Waals surface area contributed by atoms with Crippen LogP contribution >= 0.6 is 11.3 Å². The maximum atomic E-state index is 13.4. The average molecular weight is 478 g/mol. The number of aromatic nitrogens is 1. The van der Waals surface area contributed by atoms with Gasteiger partial charge in [-0.1, -0.05) is 25.1 Å². The lowest BCUT2D eigenvalue weighted by Crippen LogP contribution is -2.06. The van der Waals surface area contributed by atoms with Crippen molar-refractivity contribution < 1.29 is 32.5 Å². The van der Waals surface area contributed by atoms with Gasteiger partial charge in [-0.05, 0) is 49.6 Å². The Balaban J connectivity index is 1.76. The van der Waals surface area contributed by atoms with E-state index in [1.54, 1.807) is 31.2 Å². The summed E-state index contributed by atoms with van der Waals surface area (Å²) in [5, 5.41) is 0.296. The minimum Gasteiger partial charge on any atom is -0.294 e. The summed E-state index contributed by atoms with van der Waals surface area (Å²) >= 11 is 1.19. The van der Waals surface area contributed by atoms with Gasteiger partial charge in [-0.2, -0.15) is 13.2 Å². The number of Topliss-reactive ketones (excluding diaryl/α,β-unsaturated/α-hetero) is 1. The predicted octanol–water partition coefficient (Wildman–Crippen LogP) is 6.37. The second kappa shape index (κ2) is 10.2. The van der Waals surface area contributed by atoms with Crippen LogP contribution in [0.15, 0.2) is 42.5 Å². The summed E-state index contributed by atoms with van der Waals surface area (Å²) in [6, 6.07) is 10.1. The lowest BCUT2D eigenvalue weighted by molar-refractivity contribution is -0.211. The highest BCUT2D eigenvalue weighted by molar-refractivity contribution is 7.15. The van der Waals surface area contributed by atoms with E-state index < -0.39 is 17.7 Å². The molecule has 3 rings (SSSR count). The third kappa shape index (κ3) is 5.98. The molecule has 33 heavy (non-hydrogen) atoms. The molecule has 1 heterocycles. The van der Waals surface area contributed by atoms with Gasteiger partial charge >= 0.3 is 12.1 Å². The minimum absolute atomic E-state index is 0.0428. The van der Waals surface area contributed by atoms with Crippen molar-refractivity contribution in [2.75, 3.05) is 0 Å². The van der Waals surface area contributed by atoms with E-state index in [1.807, 2.05) is 6.92 Å². The molecule has 0 N–H and O–H groups in total. The van der Waals surface area contributed by atoms with Gasteiger partial charge in [0.25, 0.3) is 0 Å². The summed E-state index contributed by atoms with van der Waals surface area (Å²) in [4.78, 5) is 38.3. The van der Waals surface area contributed by atoms with Crippen LogP contribution in [-0.2, 0) is 28.7 Å². The summed E-state index contributed by atoms with van der Waals surface area (Å²) in [5.41, 5.74) is 1.10. The van der Waals surface area contributed by atoms with Crippen molar-refractivity contribution in [3.05, 3.63) is 69.7 Å². The molecular formula is C24H22F3NO4S. The van der Waals surface area contributed by atoms with Gasteiger partial charge in [0.1, 0.15) is 5.01 Å². The first-order valence-electron chi connectivity index (χ1n) is 10.2. The monoisotopic (exact) mass is 477 g/mol. The number of alkyl halides is 3. The quantitative estimate of drug-likeness (QED) is 0.214. The Kier molecular flexibility index (Phi) is 7.53. The standard InChI is InChI=1S/C24H22F3NO4S/c1-4-19-22(33-23(28-19)17-7-5-6-8-18(17)24(25,26)27)12-10-20(30)16-9-11-21(14(2)13-16)32-31-15(3)29/h5-9,11,13H,4,10,12H2,1-3H3. The van der Waals surface area contributed by atoms with Crippen molar-refractivity contribution >= 4 is 23.1 Å². The van der Waals surface area contributed by atoms with E-state index >= 15 is 0 Å². The van der Waals surface area contributed by atoms with E-state index in [-0.39, 0.29) is 17.8 Å². The molecule has 9 heteroatoms. The van der Waals surface area contributed by atoms with Gasteiger partial charge in [-0.25, -0.2) is 9.78 Å². The molecule has 0 aliphatic rings. The van der Waals surface area contributed by atoms with Gasteiger partial charge in [-0.15, -0.1) is 11.3 Å². The van der Waals surface area contributed by atoms with Crippen LogP contribution in [0.1, 0.15) is 52.3 Å². The molecular weight excluding hydrogens is 455 g/mol. The molecule has 5 nitrogen and oxygen atoms in total. The van der Waals surface area contributed by atoms with E-state index in [9.17, 15) is 22.8 Å². The van der Waals surface area contributed by atoms with E-state index in [2.05, 4.69) is 9.87 Å². The van der Waals surface area contributed by atoms with Crippen molar-refractivity contribution in [2.24, 2.45) is 0 Å². The Morgan fingerprint density at radius 3 is 2.48 bits per heavy atom. The summed E-state index contributed by atoms with van der Waals surface area (Å²) in [7, 11) is 0. The van der Waals surface area contributed by atoms with Crippen molar-refractivity contribution in [3.8, 4) is 16.3 Å². The Morgan fingerprint density at radius 1 is 1.12 bits per heavy atom. The highest BCUT2D eigenvalue weighted by Gasteiger charge is 2.34. The summed E-state index contributed by atoms with van der Waals surface area (Å²) in [6.07, 6.45) is -3.37. The number of carbonyl (C=O) groups is 2. The molecule has 3 aromatic rings. The second-order valence-electron chi connectivity index (χ2n) is 7.35. The van der Waals surface area contributed by atoms with Gasteiger partial charge in [0.05, 0.1) is 11.3 Å². The molecule has 0 aliphatic heterocycles. The normalized spacial score (nSPS) is 11.3. The molecule has 0 amide bonds. The van der Waals surface area contributed by atoms with Gasteiger partial charge in [-0.3, -0.25) is 14.6 Å². The smallest absolute Gasteiger partial charge is 0.294 e. The topological polar surface area (TPSA) is 65.5 Å².